The number of sulfone groups is 1. The Kier molecular flexibility index (Phi) is 8.08. The average Bonchev–Trinajstić information content (AvgIpc) is 2.48. The summed E-state index contributed by atoms with van der Waals surface area (Å²) in [7, 11) is -3.12. The van der Waals surface area contributed by atoms with Gasteiger partial charge in [-0.15, -0.1) is 0 Å². The zero-order chi connectivity index (χ0) is 19.8. The maximum Gasteiger partial charge on any atom is 0.412 e. The summed E-state index contributed by atoms with van der Waals surface area (Å²) in [5.41, 5.74) is 1.18. The first-order valence-electron chi connectivity index (χ1n) is 8.48. The first kappa shape index (κ1) is 22.0. The summed E-state index contributed by atoms with van der Waals surface area (Å²) in [4.78, 5) is 23.2. The van der Waals surface area contributed by atoms with Crippen LogP contribution >= 0.6 is 0 Å². The number of hydrogen-bond donors (Lipinski definition) is 2. The Balaban J connectivity index is 2.30. The molecule has 2 amide bonds. The van der Waals surface area contributed by atoms with Crippen LogP contribution in [0, 0.1) is 0 Å². The minimum absolute atomic E-state index is 0.0101. The third kappa shape index (κ3) is 10.7. The van der Waals surface area contributed by atoms with E-state index in [4.69, 9.17) is 4.74 Å². The van der Waals surface area contributed by atoms with Crippen molar-refractivity contribution in [1.82, 2.24) is 5.32 Å². The molecule has 0 saturated heterocycles. The molecule has 0 radical (unpaired) electrons. The van der Waals surface area contributed by atoms with E-state index in [1.165, 1.54) is 0 Å². The number of aryl methyl sites for hydroxylation is 1. The van der Waals surface area contributed by atoms with Gasteiger partial charge >= 0.3 is 6.09 Å². The summed E-state index contributed by atoms with van der Waals surface area (Å²) in [5.74, 6) is -0.391. The van der Waals surface area contributed by atoms with Crippen molar-refractivity contribution in [3.63, 3.8) is 0 Å². The molecule has 0 atom stereocenters. The van der Waals surface area contributed by atoms with E-state index in [1.807, 2.05) is 12.1 Å². The van der Waals surface area contributed by atoms with Crippen LogP contribution in [-0.4, -0.2) is 44.6 Å². The van der Waals surface area contributed by atoms with Crippen LogP contribution in [0.15, 0.2) is 24.3 Å². The van der Waals surface area contributed by atoms with E-state index in [0.29, 0.717) is 12.2 Å². The molecule has 0 unspecified atom stereocenters. The number of amides is 2. The first-order valence-corrected chi connectivity index (χ1v) is 10.5. The van der Waals surface area contributed by atoms with Gasteiger partial charge in [0.1, 0.15) is 15.4 Å². The van der Waals surface area contributed by atoms with Crippen molar-refractivity contribution in [3.8, 4) is 0 Å². The SMILES string of the molecule is CC(C)(C)OC(=O)Nc1ccc(CCCNC(=O)CCS(C)(=O)=O)cc1. The van der Waals surface area contributed by atoms with E-state index >= 15 is 0 Å². The summed E-state index contributed by atoms with van der Waals surface area (Å²) < 4.78 is 27.2. The predicted octanol–water partition coefficient (Wildman–Crippen LogP) is 2.52. The van der Waals surface area contributed by atoms with Gasteiger partial charge in [0.15, 0.2) is 0 Å². The molecule has 1 aromatic carbocycles. The molecule has 0 heterocycles. The molecule has 0 aliphatic rings. The molecule has 0 aliphatic carbocycles. The molecular weight excluding hydrogens is 356 g/mol. The molecule has 146 valence electrons. The molecular formula is C18H28N2O5S. The van der Waals surface area contributed by atoms with Gasteiger partial charge in [0.05, 0.1) is 5.75 Å². The fourth-order valence-corrected chi connectivity index (χ4v) is 2.62. The lowest BCUT2D eigenvalue weighted by molar-refractivity contribution is -0.120. The minimum Gasteiger partial charge on any atom is -0.444 e. The Morgan fingerprint density at radius 2 is 1.73 bits per heavy atom. The van der Waals surface area contributed by atoms with Crippen LogP contribution < -0.4 is 10.6 Å². The normalized spacial score (nSPS) is 11.7. The highest BCUT2D eigenvalue weighted by molar-refractivity contribution is 7.90. The number of nitrogens with one attached hydrogen (secondary N) is 2. The van der Waals surface area contributed by atoms with Crippen LogP contribution in [0.25, 0.3) is 0 Å². The second-order valence-corrected chi connectivity index (χ2v) is 9.42. The lowest BCUT2D eigenvalue weighted by Crippen LogP contribution is -2.27. The van der Waals surface area contributed by atoms with E-state index in [0.717, 1.165) is 24.7 Å². The molecule has 1 rings (SSSR count). The molecule has 8 heteroatoms. The lowest BCUT2D eigenvalue weighted by atomic mass is 10.1. The van der Waals surface area contributed by atoms with Crippen molar-refractivity contribution in [2.24, 2.45) is 0 Å². The molecule has 0 bridgehead atoms. The van der Waals surface area contributed by atoms with Gasteiger partial charge in [-0.1, -0.05) is 12.1 Å². The molecule has 26 heavy (non-hydrogen) atoms. The van der Waals surface area contributed by atoms with Crippen molar-refractivity contribution < 1.29 is 22.7 Å². The highest BCUT2D eigenvalue weighted by Crippen LogP contribution is 2.13. The fourth-order valence-electron chi connectivity index (χ4n) is 2.06. The Labute approximate surface area is 155 Å². The number of anilines is 1. The molecule has 0 aromatic heterocycles. The second kappa shape index (κ2) is 9.56. The van der Waals surface area contributed by atoms with E-state index < -0.39 is 21.5 Å². The number of hydrogen-bond acceptors (Lipinski definition) is 5. The zero-order valence-corrected chi connectivity index (χ0v) is 16.6. The Bertz CT molecular complexity index is 706. The van der Waals surface area contributed by atoms with Crippen LogP contribution in [-0.2, 0) is 25.8 Å². The standard InChI is InChI=1S/C18H28N2O5S/c1-18(2,3)25-17(22)20-15-9-7-14(8-10-15)6-5-12-19-16(21)11-13-26(4,23)24/h7-10H,5-6,11-13H2,1-4H3,(H,19,21)(H,20,22). The van der Waals surface area contributed by atoms with Crippen LogP contribution in [0.4, 0.5) is 10.5 Å². The van der Waals surface area contributed by atoms with Crippen LogP contribution in [0.1, 0.15) is 39.2 Å². The maximum atomic E-state index is 11.7. The lowest BCUT2D eigenvalue weighted by Gasteiger charge is -2.19. The van der Waals surface area contributed by atoms with Crippen molar-refractivity contribution in [3.05, 3.63) is 29.8 Å². The number of carbonyl (C=O) groups is 2. The fraction of sp³-hybridized carbons (Fsp3) is 0.556. The molecule has 7 nitrogen and oxygen atoms in total. The highest BCUT2D eigenvalue weighted by atomic mass is 32.2. The van der Waals surface area contributed by atoms with E-state index in [9.17, 15) is 18.0 Å². The summed E-state index contributed by atoms with van der Waals surface area (Å²) in [5, 5.41) is 5.37. The van der Waals surface area contributed by atoms with E-state index in [1.54, 1.807) is 32.9 Å². The van der Waals surface area contributed by atoms with E-state index in [-0.39, 0.29) is 18.1 Å². The molecule has 0 spiro atoms. The summed E-state index contributed by atoms with van der Waals surface area (Å²) in [6, 6.07) is 7.39. The van der Waals surface area contributed by atoms with Crippen molar-refractivity contribution >= 4 is 27.5 Å². The summed E-state index contributed by atoms with van der Waals surface area (Å²) in [6.07, 6.45) is 2.11. The smallest absolute Gasteiger partial charge is 0.412 e. The summed E-state index contributed by atoms with van der Waals surface area (Å²) in [6.45, 7) is 5.89. The first-order chi connectivity index (χ1) is 11.9. The quantitative estimate of drug-likeness (QED) is 0.671. The highest BCUT2D eigenvalue weighted by Gasteiger charge is 2.16. The second-order valence-electron chi connectivity index (χ2n) is 7.16. The monoisotopic (exact) mass is 384 g/mol. The van der Waals surface area contributed by atoms with Crippen LogP contribution in [0.3, 0.4) is 0 Å². The van der Waals surface area contributed by atoms with E-state index in [2.05, 4.69) is 10.6 Å². The molecule has 0 fully saturated rings. The van der Waals surface area contributed by atoms with Gasteiger partial charge in [-0.2, -0.15) is 0 Å². The summed E-state index contributed by atoms with van der Waals surface area (Å²) >= 11 is 0. The Hall–Kier alpha value is -2.09. The van der Waals surface area contributed by atoms with Crippen molar-refractivity contribution in [2.75, 3.05) is 23.9 Å². The van der Waals surface area contributed by atoms with Crippen molar-refractivity contribution in [1.29, 1.82) is 0 Å². The predicted molar refractivity (Wildman–Crippen MR) is 102 cm³/mol. The zero-order valence-electron chi connectivity index (χ0n) is 15.8. The van der Waals surface area contributed by atoms with Gasteiger partial charge in [0.2, 0.25) is 5.91 Å². The van der Waals surface area contributed by atoms with Gasteiger partial charge in [0, 0.05) is 24.9 Å². The third-order valence-corrected chi connectivity index (χ3v) is 4.21. The molecule has 0 saturated carbocycles. The number of ether oxygens (including phenoxy) is 1. The molecule has 2 N–H and O–H groups in total. The molecule has 1 aromatic rings. The van der Waals surface area contributed by atoms with Gasteiger partial charge in [0.25, 0.3) is 0 Å². The molecule has 0 aliphatic heterocycles. The average molecular weight is 384 g/mol. The topological polar surface area (TPSA) is 102 Å². The maximum absolute atomic E-state index is 11.7. The largest absolute Gasteiger partial charge is 0.444 e. The van der Waals surface area contributed by atoms with Gasteiger partial charge in [-0.05, 0) is 51.3 Å². The number of rotatable bonds is 8. The number of benzene rings is 1. The third-order valence-electron chi connectivity index (χ3n) is 3.26. The van der Waals surface area contributed by atoms with Gasteiger partial charge in [-0.3, -0.25) is 10.1 Å². The van der Waals surface area contributed by atoms with Crippen LogP contribution in [0.5, 0.6) is 0 Å². The number of carbonyl (C=O) groups excluding carboxylic acids is 2. The Morgan fingerprint density at radius 3 is 2.27 bits per heavy atom. The van der Waals surface area contributed by atoms with Gasteiger partial charge in [-0.25, -0.2) is 13.2 Å². The van der Waals surface area contributed by atoms with Crippen molar-refractivity contribution in [2.45, 2.75) is 45.6 Å². The Morgan fingerprint density at radius 1 is 1.12 bits per heavy atom. The minimum atomic E-state index is -3.12. The van der Waals surface area contributed by atoms with Gasteiger partial charge < -0.3 is 10.1 Å². The van der Waals surface area contributed by atoms with Crippen LogP contribution in [0.2, 0.25) is 0 Å².